The molecule has 1 saturated heterocycles. The van der Waals surface area contributed by atoms with E-state index in [1.807, 2.05) is 0 Å². The molecule has 6 nitrogen and oxygen atoms in total. The lowest BCUT2D eigenvalue weighted by molar-refractivity contribution is -0.124. The highest BCUT2D eigenvalue weighted by atomic mass is 32.2. The van der Waals surface area contributed by atoms with Gasteiger partial charge in [0.1, 0.15) is 11.9 Å². The summed E-state index contributed by atoms with van der Waals surface area (Å²) in [7, 11) is -3.30. The molecule has 0 radical (unpaired) electrons. The van der Waals surface area contributed by atoms with E-state index in [9.17, 15) is 22.9 Å². The van der Waals surface area contributed by atoms with Crippen molar-refractivity contribution in [1.82, 2.24) is 10.6 Å². The van der Waals surface area contributed by atoms with E-state index in [2.05, 4.69) is 23.6 Å². The van der Waals surface area contributed by atoms with E-state index < -0.39 is 21.7 Å². The van der Waals surface area contributed by atoms with Crippen LogP contribution in [0.1, 0.15) is 18.9 Å². The zero-order valence-electron chi connectivity index (χ0n) is 18.5. The third-order valence-electron chi connectivity index (χ3n) is 7.67. The van der Waals surface area contributed by atoms with Crippen LogP contribution in [0.3, 0.4) is 0 Å². The molecule has 2 aliphatic carbocycles. The van der Waals surface area contributed by atoms with Crippen molar-refractivity contribution in [2.45, 2.75) is 42.8 Å². The van der Waals surface area contributed by atoms with E-state index >= 15 is 0 Å². The Balaban J connectivity index is 1.25. The van der Waals surface area contributed by atoms with Gasteiger partial charge in [-0.05, 0) is 65.0 Å². The lowest BCUT2D eigenvalue weighted by atomic mass is 9.94. The molecule has 2 bridgehead atoms. The fraction of sp³-hybridized carbons (Fsp3) is 0.440. The number of hydrogen-bond donors (Lipinski definition) is 2. The minimum atomic E-state index is -3.30. The molecule has 0 spiro atoms. The van der Waals surface area contributed by atoms with E-state index in [1.165, 1.54) is 18.2 Å². The number of halogens is 1. The maximum Gasteiger partial charge on any atom is 0.238 e. The van der Waals surface area contributed by atoms with Crippen molar-refractivity contribution in [3.8, 4) is 17.2 Å². The summed E-state index contributed by atoms with van der Waals surface area (Å²) in [5.41, 5.74) is 1.64. The predicted octanol–water partition coefficient (Wildman–Crippen LogP) is 2.69. The second kappa shape index (κ2) is 7.93. The largest absolute Gasteiger partial charge is 0.339 e. The van der Waals surface area contributed by atoms with Gasteiger partial charge in [0.15, 0.2) is 9.84 Å². The summed E-state index contributed by atoms with van der Waals surface area (Å²) in [5.74, 6) is 1.67. The average molecular weight is 468 g/mol. The molecule has 2 saturated carbocycles. The van der Waals surface area contributed by atoms with Gasteiger partial charge >= 0.3 is 0 Å². The molecule has 0 aromatic heterocycles. The van der Waals surface area contributed by atoms with Crippen LogP contribution >= 0.6 is 0 Å². The van der Waals surface area contributed by atoms with Crippen molar-refractivity contribution in [1.29, 1.82) is 5.26 Å². The molecule has 0 unspecified atom stereocenters. The summed E-state index contributed by atoms with van der Waals surface area (Å²) in [6.07, 6.45) is 2.23. The fourth-order valence-corrected chi connectivity index (χ4v) is 6.63. The van der Waals surface area contributed by atoms with Crippen molar-refractivity contribution >= 4 is 15.7 Å². The molecular weight excluding hydrogens is 441 g/mol. The van der Waals surface area contributed by atoms with Crippen LogP contribution in [-0.2, 0) is 21.1 Å². The summed E-state index contributed by atoms with van der Waals surface area (Å²) in [6.45, 7) is 2.24. The van der Waals surface area contributed by atoms with E-state index in [4.69, 9.17) is 0 Å². The Morgan fingerprint density at radius 1 is 1.21 bits per heavy atom. The number of sulfone groups is 1. The summed E-state index contributed by atoms with van der Waals surface area (Å²) in [5, 5.41) is 15.8. The quantitative estimate of drug-likeness (QED) is 0.681. The van der Waals surface area contributed by atoms with Crippen LogP contribution in [0.5, 0.6) is 0 Å². The number of nitrogens with one attached hydrogen (secondary N) is 2. The molecule has 1 aliphatic heterocycles. The van der Waals surface area contributed by atoms with E-state index in [-0.39, 0.29) is 23.3 Å². The second-order valence-corrected chi connectivity index (χ2v) is 11.7. The highest BCUT2D eigenvalue weighted by molar-refractivity contribution is 7.90. The molecule has 2 aromatic carbocycles. The van der Waals surface area contributed by atoms with Gasteiger partial charge in [0, 0.05) is 18.7 Å². The normalized spacial score (nSPS) is 30.4. The smallest absolute Gasteiger partial charge is 0.238 e. The molecule has 2 N–H and O–H groups in total. The van der Waals surface area contributed by atoms with Crippen LogP contribution in [0.25, 0.3) is 11.1 Å². The molecule has 5 rings (SSSR count). The lowest BCUT2D eigenvalue weighted by Crippen LogP contribution is -2.51. The van der Waals surface area contributed by atoms with E-state index in [0.29, 0.717) is 46.4 Å². The first-order chi connectivity index (χ1) is 15.7. The Kier molecular flexibility index (Phi) is 5.30. The lowest BCUT2D eigenvalue weighted by Gasteiger charge is -2.23. The SMILES string of the molecule is C[C@H]1[C@H]2[C@H]3C[C@H](N[C@@H]3C(=O)N[C@H](C#N)Cc3ccc(-c4ccc(S(C)(=O)=O)cc4)cc3F)[C@@H]12. The number of amides is 1. The van der Waals surface area contributed by atoms with Gasteiger partial charge in [0.25, 0.3) is 0 Å². The van der Waals surface area contributed by atoms with Crippen molar-refractivity contribution in [2.75, 3.05) is 6.26 Å². The number of carbonyl (C=O) groups excluding carboxylic acids is 1. The van der Waals surface area contributed by atoms with Crippen LogP contribution in [-0.4, -0.2) is 38.7 Å². The highest BCUT2D eigenvalue weighted by Gasteiger charge is 2.67. The first-order valence-corrected chi connectivity index (χ1v) is 13.1. The molecule has 172 valence electrons. The monoisotopic (exact) mass is 467 g/mol. The van der Waals surface area contributed by atoms with Gasteiger partial charge in [-0.15, -0.1) is 0 Å². The number of benzene rings is 2. The molecule has 8 heteroatoms. The zero-order valence-corrected chi connectivity index (χ0v) is 19.3. The van der Waals surface area contributed by atoms with Gasteiger partial charge in [-0.3, -0.25) is 4.79 Å². The third kappa shape index (κ3) is 3.94. The Labute approximate surface area is 193 Å². The number of fused-ring (bicyclic) bond motifs is 5. The van der Waals surface area contributed by atoms with Crippen molar-refractivity contribution < 1.29 is 17.6 Å². The Bertz CT molecular complexity index is 1250. The highest BCUT2D eigenvalue weighted by Crippen LogP contribution is 2.64. The van der Waals surface area contributed by atoms with Gasteiger partial charge in [0.2, 0.25) is 5.91 Å². The van der Waals surface area contributed by atoms with Gasteiger partial charge in [-0.25, -0.2) is 12.8 Å². The topological polar surface area (TPSA) is 99.1 Å². The number of carbonyl (C=O) groups is 1. The maximum atomic E-state index is 14.8. The Morgan fingerprint density at radius 3 is 2.52 bits per heavy atom. The van der Waals surface area contributed by atoms with Crippen LogP contribution in [0, 0.1) is 40.8 Å². The van der Waals surface area contributed by atoms with Gasteiger partial charge in [-0.1, -0.05) is 31.2 Å². The van der Waals surface area contributed by atoms with Gasteiger partial charge < -0.3 is 10.6 Å². The molecule has 2 aromatic rings. The van der Waals surface area contributed by atoms with Crippen molar-refractivity contribution in [3.05, 3.63) is 53.8 Å². The molecular formula is C25H26FN3O3S. The van der Waals surface area contributed by atoms with Crippen molar-refractivity contribution in [3.63, 3.8) is 0 Å². The molecule has 7 atom stereocenters. The van der Waals surface area contributed by atoms with Gasteiger partial charge in [0.05, 0.1) is 17.0 Å². The molecule has 1 heterocycles. The Hall–Kier alpha value is -2.76. The summed E-state index contributed by atoms with van der Waals surface area (Å²) >= 11 is 0. The number of nitriles is 1. The Morgan fingerprint density at radius 2 is 1.91 bits per heavy atom. The summed E-state index contributed by atoms with van der Waals surface area (Å²) < 4.78 is 38.1. The third-order valence-corrected chi connectivity index (χ3v) is 8.80. The maximum absolute atomic E-state index is 14.8. The van der Waals surface area contributed by atoms with Gasteiger partial charge in [-0.2, -0.15) is 5.26 Å². The fourth-order valence-electron chi connectivity index (χ4n) is 6.00. The summed E-state index contributed by atoms with van der Waals surface area (Å²) in [4.78, 5) is 13.0. The second-order valence-electron chi connectivity index (χ2n) is 9.66. The number of rotatable bonds is 6. The van der Waals surface area contributed by atoms with Crippen LogP contribution in [0.2, 0.25) is 0 Å². The number of nitrogens with zero attached hydrogens (tertiary/aromatic N) is 1. The van der Waals surface area contributed by atoms with Crippen molar-refractivity contribution in [2.24, 2.45) is 23.7 Å². The zero-order chi connectivity index (χ0) is 23.5. The predicted molar refractivity (Wildman–Crippen MR) is 121 cm³/mol. The molecule has 3 fully saturated rings. The first-order valence-electron chi connectivity index (χ1n) is 11.2. The number of piperidine rings is 1. The minimum Gasteiger partial charge on any atom is -0.339 e. The standard InChI is InChI=1S/C25H26FN3O3S/c1-13-22-19-11-21(23(13)22)29-24(19)25(30)28-17(12-27)9-16-4-3-15(10-20(16)26)14-5-7-18(8-6-14)33(2,31)32/h3-8,10,13,17,19,21-24,29H,9,11H2,1-2H3,(H,28,30)/t13-,17-,19+,21-,22-,23+,24-/m0/s1. The van der Waals surface area contributed by atoms with Crippen LogP contribution in [0.15, 0.2) is 47.4 Å². The van der Waals surface area contributed by atoms with E-state index in [1.54, 1.807) is 24.3 Å². The van der Waals surface area contributed by atoms with Crippen LogP contribution in [0.4, 0.5) is 4.39 Å². The van der Waals surface area contributed by atoms with E-state index in [0.717, 1.165) is 12.7 Å². The number of hydrogen-bond acceptors (Lipinski definition) is 5. The molecule has 33 heavy (non-hydrogen) atoms. The molecule has 1 amide bonds. The average Bonchev–Trinajstić information content (AvgIpc) is 3.13. The van der Waals surface area contributed by atoms with Crippen LogP contribution < -0.4 is 10.6 Å². The minimum absolute atomic E-state index is 0.0740. The molecule has 3 aliphatic rings. The summed E-state index contributed by atoms with van der Waals surface area (Å²) in [6, 6.07) is 12.4. The first kappa shape index (κ1) is 22.1.